The molecule has 8 nitrogen and oxygen atoms in total. The Labute approximate surface area is 188 Å². The highest BCUT2D eigenvalue weighted by atomic mass is 16.2. The average Bonchev–Trinajstić information content (AvgIpc) is 3.27. The molecule has 32 heavy (non-hydrogen) atoms. The summed E-state index contributed by atoms with van der Waals surface area (Å²) >= 11 is 0. The molecule has 2 aromatic rings. The topological polar surface area (TPSA) is 94.3 Å². The van der Waals surface area contributed by atoms with Crippen molar-refractivity contribution >= 4 is 23.2 Å². The van der Waals surface area contributed by atoms with Crippen molar-refractivity contribution < 1.29 is 9.59 Å². The van der Waals surface area contributed by atoms with E-state index < -0.39 is 11.9 Å². The Balaban J connectivity index is 1.51. The third-order valence-electron chi connectivity index (χ3n) is 6.07. The normalized spacial score (nSPS) is 20.6. The summed E-state index contributed by atoms with van der Waals surface area (Å²) < 4.78 is 0. The quantitative estimate of drug-likeness (QED) is 0.683. The van der Waals surface area contributed by atoms with E-state index in [1.807, 2.05) is 60.7 Å². The summed E-state index contributed by atoms with van der Waals surface area (Å²) in [7, 11) is 2.12. The van der Waals surface area contributed by atoms with Crippen LogP contribution in [-0.2, 0) is 9.59 Å². The summed E-state index contributed by atoms with van der Waals surface area (Å²) in [6.07, 6.45) is 0.187. The molecule has 0 saturated carbocycles. The van der Waals surface area contributed by atoms with Crippen LogP contribution >= 0.6 is 0 Å². The van der Waals surface area contributed by atoms with E-state index in [2.05, 4.69) is 27.3 Å². The second-order valence-corrected chi connectivity index (χ2v) is 8.39. The first kappa shape index (κ1) is 22.0. The van der Waals surface area contributed by atoms with Crippen molar-refractivity contribution in [3.05, 3.63) is 66.2 Å². The Hall–Kier alpha value is -3.23. The highest BCUT2D eigenvalue weighted by Gasteiger charge is 2.35. The summed E-state index contributed by atoms with van der Waals surface area (Å²) in [5, 5.41) is 9.19. The first-order valence-corrected chi connectivity index (χ1v) is 11.0. The first-order valence-electron chi connectivity index (χ1n) is 11.0. The second-order valence-electron chi connectivity index (χ2n) is 8.39. The number of benzene rings is 2. The Kier molecular flexibility index (Phi) is 6.82. The molecule has 2 unspecified atom stereocenters. The second kappa shape index (κ2) is 9.93. The molecular formula is C24H30N6O2. The van der Waals surface area contributed by atoms with E-state index in [1.165, 1.54) is 0 Å². The number of rotatable bonds is 7. The Morgan fingerprint density at radius 2 is 1.66 bits per heavy atom. The van der Waals surface area contributed by atoms with Gasteiger partial charge in [-0.05, 0) is 24.7 Å². The minimum absolute atomic E-state index is 0.174. The number of hydrogen-bond donors (Lipinski definition) is 2. The third-order valence-corrected chi connectivity index (χ3v) is 6.07. The van der Waals surface area contributed by atoms with E-state index in [0.717, 1.165) is 44.0 Å². The molecule has 0 spiro atoms. The predicted octanol–water partition coefficient (Wildman–Crippen LogP) is 1.21. The zero-order valence-electron chi connectivity index (χ0n) is 18.4. The van der Waals surface area contributed by atoms with E-state index in [9.17, 15) is 9.59 Å². The molecule has 0 aromatic heterocycles. The monoisotopic (exact) mass is 434 g/mol. The molecule has 2 amide bonds. The minimum atomic E-state index is -0.675. The molecule has 2 aromatic carbocycles. The van der Waals surface area contributed by atoms with Gasteiger partial charge in [0.2, 0.25) is 5.91 Å². The molecule has 2 aliphatic rings. The molecule has 0 bridgehead atoms. The molecule has 4 rings (SSSR count). The van der Waals surface area contributed by atoms with E-state index in [0.29, 0.717) is 5.71 Å². The summed E-state index contributed by atoms with van der Waals surface area (Å²) in [4.78, 5) is 30.0. The average molecular weight is 435 g/mol. The molecule has 3 N–H and O–H groups in total. The Morgan fingerprint density at radius 1 is 1.03 bits per heavy atom. The lowest BCUT2D eigenvalue weighted by atomic mass is 10.0. The molecule has 2 heterocycles. The number of para-hydroxylation sites is 1. The Morgan fingerprint density at radius 3 is 2.28 bits per heavy atom. The number of nitrogens with one attached hydrogen (secondary N) is 1. The van der Waals surface area contributed by atoms with Gasteiger partial charge in [0, 0.05) is 39.1 Å². The number of primary amides is 1. The number of nitrogens with two attached hydrogens (primary N) is 1. The first-order chi connectivity index (χ1) is 15.5. The zero-order chi connectivity index (χ0) is 22.5. The predicted molar refractivity (Wildman–Crippen MR) is 125 cm³/mol. The van der Waals surface area contributed by atoms with Gasteiger partial charge in [0.25, 0.3) is 5.91 Å². The highest BCUT2D eigenvalue weighted by Crippen LogP contribution is 2.25. The minimum Gasteiger partial charge on any atom is -0.368 e. The summed E-state index contributed by atoms with van der Waals surface area (Å²) in [6.45, 7) is 4.66. The molecule has 0 aliphatic carbocycles. The van der Waals surface area contributed by atoms with E-state index in [4.69, 9.17) is 5.73 Å². The maximum absolute atomic E-state index is 13.2. The number of nitrogens with zero attached hydrogens (tertiary/aromatic N) is 4. The van der Waals surface area contributed by atoms with Gasteiger partial charge in [-0.2, -0.15) is 5.10 Å². The van der Waals surface area contributed by atoms with Crippen molar-refractivity contribution in [2.24, 2.45) is 10.8 Å². The molecule has 2 atom stereocenters. The molecule has 1 fully saturated rings. The van der Waals surface area contributed by atoms with Crippen LogP contribution in [0.25, 0.3) is 0 Å². The van der Waals surface area contributed by atoms with Gasteiger partial charge in [-0.3, -0.25) is 19.5 Å². The van der Waals surface area contributed by atoms with Crippen LogP contribution in [0.2, 0.25) is 0 Å². The van der Waals surface area contributed by atoms with Crippen LogP contribution in [0, 0.1) is 0 Å². The Bertz CT molecular complexity index is 957. The van der Waals surface area contributed by atoms with Crippen LogP contribution in [-0.4, -0.2) is 73.1 Å². The van der Waals surface area contributed by atoms with E-state index in [-0.39, 0.29) is 18.4 Å². The number of carbonyl (C=O) groups is 2. The number of hydrazone groups is 1. The number of hydrogen-bond acceptors (Lipinski definition) is 6. The lowest BCUT2D eigenvalue weighted by Crippen LogP contribution is -2.48. The van der Waals surface area contributed by atoms with Crippen LogP contribution in [0.1, 0.15) is 18.0 Å². The highest BCUT2D eigenvalue weighted by molar-refractivity contribution is 6.40. The molecule has 0 radical (unpaired) electrons. The molecule has 2 aliphatic heterocycles. The maximum Gasteiger partial charge on any atom is 0.268 e. The number of anilines is 1. The summed E-state index contributed by atoms with van der Waals surface area (Å²) in [6, 6.07) is 18.4. The number of likely N-dealkylation sites (N-methyl/N-ethyl adjacent to an activating group) is 1. The fraction of sp³-hybridized carbons (Fsp3) is 0.375. The SMILES string of the molecule is CN1CCN(CC(NC(=O)C2=NN(c3ccccc3)C(C(N)=O)C2)c2ccccc2)CC1. The van der Waals surface area contributed by atoms with Crippen molar-refractivity contribution in [3.8, 4) is 0 Å². The molecule has 1 saturated heterocycles. The van der Waals surface area contributed by atoms with Crippen LogP contribution < -0.4 is 16.1 Å². The smallest absolute Gasteiger partial charge is 0.268 e. The van der Waals surface area contributed by atoms with E-state index in [1.54, 1.807) is 5.01 Å². The van der Waals surface area contributed by atoms with E-state index >= 15 is 0 Å². The van der Waals surface area contributed by atoms with Crippen molar-refractivity contribution in [2.75, 3.05) is 44.8 Å². The lowest BCUT2D eigenvalue weighted by molar-refractivity contribution is -0.119. The van der Waals surface area contributed by atoms with Gasteiger partial charge >= 0.3 is 0 Å². The van der Waals surface area contributed by atoms with Crippen LogP contribution in [0.5, 0.6) is 0 Å². The van der Waals surface area contributed by atoms with Crippen LogP contribution in [0.3, 0.4) is 0 Å². The standard InChI is InChI=1S/C24H30N6O2/c1-28-12-14-29(15-13-28)17-21(18-8-4-2-5-9-18)26-24(32)20-16-22(23(25)31)30(27-20)19-10-6-3-7-11-19/h2-11,21-22H,12-17H2,1H3,(H2,25,31)(H,26,32). The van der Waals surface area contributed by atoms with Crippen LogP contribution in [0.4, 0.5) is 5.69 Å². The van der Waals surface area contributed by atoms with Crippen molar-refractivity contribution in [1.82, 2.24) is 15.1 Å². The fourth-order valence-electron chi connectivity index (χ4n) is 4.14. The third kappa shape index (κ3) is 5.15. The van der Waals surface area contributed by atoms with Gasteiger partial charge in [-0.25, -0.2) is 0 Å². The maximum atomic E-state index is 13.2. The fourth-order valence-corrected chi connectivity index (χ4v) is 4.14. The lowest BCUT2D eigenvalue weighted by Gasteiger charge is -2.35. The molecule has 8 heteroatoms. The van der Waals surface area contributed by atoms with Crippen molar-refractivity contribution in [2.45, 2.75) is 18.5 Å². The summed E-state index contributed by atoms with van der Waals surface area (Å²) in [5.41, 5.74) is 7.71. The zero-order valence-corrected chi connectivity index (χ0v) is 18.4. The van der Waals surface area contributed by atoms with Gasteiger partial charge in [0.05, 0.1) is 11.7 Å². The molecular weight excluding hydrogens is 404 g/mol. The number of amides is 2. The largest absolute Gasteiger partial charge is 0.368 e. The number of piperazine rings is 1. The van der Waals surface area contributed by atoms with Crippen molar-refractivity contribution in [1.29, 1.82) is 0 Å². The van der Waals surface area contributed by atoms with Crippen molar-refractivity contribution in [3.63, 3.8) is 0 Å². The van der Waals surface area contributed by atoms with Gasteiger partial charge in [-0.15, -0.1) is 0 Å². The number of carbonyl (C=O) groups excluding carboxylic acids is 2. The molecule has 168 valence electrons. The van der Waals surface area contributed by atoms with Gasteiger partial charge in [0.15, 0.2) is 0 Å². The van der Waals surface area contributed by atoms with Gasteiger partial charge < -0.3 is 16.0 Å². The summed E-state index contributed by atoms with van der Waals surface area (Å²) in [5.74, 6) is -0.768. The van der Waals surface area contributed by atoms with Gasteiger partial charge in [0.1, 0.15) is 11.8 Å². The van der Waals surface area contributed by atoms with Crippen LogP contribution in [0.15, 0.2) is 65.8 Å². The van der Waals surface area contributed by atoms with Gasteiger partial charge in [-0.1, -0.05) is 48.5 Å².